The Morgan fingerprint density at radius 1 is 1.29 bits per heavy atom. The molecule has 5 heteroatoms. The molecule has 1 aromatic heterocycles. The zero-order chi connectivity index (χ0) is 12.4. The summed E-state index contributed by atoms with van der Waals surface area (Å²) in [6, 6.07) is 5.69. The van der Waals surface area contributed by atoms with E-state index >= 15 is 0 Å². The maximum atomic E-state index is 8.89. The summed E-state index contributed by atoms with van der Waals surface area (Å²) in [5, 5.41) is 13.0. The van der Waals surface area contributed by atoms with Crippen LogP contribution in [-0.2, 0) is 6.54 Å². The Kier molecular flexibility index (Phi) is 3.01. The molecule has 0 bridgehead atoms. The topological polar surface area (TPSA) is 90.1 Å². The smallest absolute Gasteiger partial charge is 0.129 e. The second kappa shape index (κ2) is 4.47. The SMILES string of the molecule is Cc1ccc(N)cc1-c1cnn(CCO)c1N. The minimum absolute atomic E-state index is 0.0151. The Morgan fingerprint density at radius 2 is 2.06 bits per heavy atom. The number of nitrogens with zero attached hydrogens (tertiary/aromatic N) is 2. The van der Waals surface area contributed by atoms with Crippen molar-refractivity contribution in [1.82, 2.24) is 9.78 Å². The number of aromatic nitrogens is 2. The van der Waals surface area contributed by atoms with Crippen molar-refractivity contribution in [2.24, 2.45) is 0 Å². The Hall–Kier alpha value is -2.01. The van der Waals surface area contributed by atoms with Crippen molar-refractivity contribution in [3.63, 3.8) is 0 Å². The molecule has 0 aliphatic heterocycles. The number of rotatable bonds is 3. The summed E-state index contributed by atoms with van der Waals surface area (Å²) in [5.41, 5.74) is 15.4. The van der Waals surface area contributed by atoms with Crippen LogP contribution in [0.4, 0.5) is 11.5 Å². The van der Waals surface area contributed by atoms with E-state index in [1.54, 1.807) is 10.9 Å². The number of aryl methyl sites for hydroxylation is 1. The number of hydrogen-bond acceptors (Lipinski definition) is 4. The molecule has 5 nitrogen and oxygen atoms in total. The van der Waals surface area contributed by atoms with Gasteiger partial charge in [-0.2, -0.15) is 5.10 Å². The maximum Gasteiger partial charge on any atom is 0.129 e. The van der Waals surface area contributed by atoms with Crippen LogP contribution >= 0.6 is 0 Å². The molecule has 0 amide bonds. The second-order valence-electron chi connectivity index (χ2n) is 3.96. The monoisotopic (exact) mass is 232 g/mol. The van der Waals surface area contributed by atoms with E-state index < -0.39 is 0 Å². The molecule has 0 spiro atoms. The number of anilines is 2. The van der Waals surface area contributed by atoms with Crippen LogP contribution in [-0.4, -0.2) is 21.5 Å². The highest BCUT2D eigenvalue weighted by Crippen LogP contribution is 2.29. The highest BCUT2D eigenvalue weighted by atomic mass is 16.3. The van der Waals surface area contributed by atoms with Gasteiger partial charge in [0, 0.05) is 11.3 Å². The summed E-state index contributed by atoms with van der Waals surface area (Å²) < 4.78 is 1.58. The first-order chi connectivity index (χ1) is 8.13. The standard InChI is InChI=1S/C12H16N4O/c1-8-2-3-9(13)6-10(8)11-7-15-16(4-5-17)12(11)14/h2-3,6-7,17H,4-5,13-14H2,1H3. The maximum absolute atomic E-state index is 8.89. The number of aliphatic hydroxyl groups is 1. The zero-order valence-corrected chi connectivity index (χ0v) is 9.72. The molecule has 0 radical (unpaired) electrons. The first-order valence-electron chi connectivity index (χ1n) is 5.42. The lowest BCUT2D eigenvalue weighted by Gasteiger charge is -2.07. The Balaban J connectivity index is 2.49. The minimum Gasteiger partial charge on any atom is -0.399 e. The summed E-state index contributed by atoms with van der Waals surface area (Å²) in [7, 11) is 0. The quantitative estimate of drug-likeness (QED) is 0.689. The average molecular weight is 232 g/mol. The largest absolute Gasteiger partial charge is 0.399 e. The number of hydrogen-bond donors (Lipinski definition) is 3. The molecule has 17 heavy (non-hydrogen) atoms. The molecule has 2 rings (SSSR count). The van der Waals surface area contributed by atoms with Gasteiger partial charge in [0.15, 0.2) is 0 Å². The molecule has 0 aliphatic rings. The molecule has 0 unspecified atom stereocenters. The summed E-state index contributed by atoms with van der Waals surface area (Å²) in [6.45, 7) is 2.41. The Labute approximate surface area is 99.7 Å². The van der Waals surface area contributed by atoms with Gasteiger partial charge in [-0.05, 0) is 30.2 Å². The highest BCUT2D eigenvalue weighted by molar-refractivity contribution is 5.78. The van der Waals surface area contributed by atoms with Crippen molar-refractivity contribution in [1.29, 1.82) is 0 Å². The third-order valence-corrected chi connectivity index (χ3v) is 2.74. The molecule has 0 atom stereocenters. The fourth-order valence-corrected chi connectivity index (χ4v) is 1.81. The Bertz CT molecular complexity index is 533. The van der Waals surface area contributed by atoms with Crippen molar-refractivity contribution in [3.05, 3.63) is 30.0 Å². The van der Waals surface area contributed by atoms with Gasteiger partial charge in [-0.3, -0.25) is 0 Å². The van der Waals surface area contributed by atoms with Gasteiger partial charge in [-0.15, -0.1) is 0 Å². The van der Waals surface area contributed by atoms with Gasteiger partial charge in [0.05, 0.1) is 19.3 Å². The van der Waals surface area contributed by atoms with E-state index in [1.807, 2.05) is 25.1 Å². The van der Waals surface area contributed by atoms with Crippen LogP contribution in [0.1, 0.15) is 5.56 Å². The van der Waals surface area contributed by atoms with E-state index in [0.717, 1.165) is 16.7 Å². The molecule has 1 heterocycles. The minimum atomic E-state index is 0.0151. The van der Waals surface area contributed by atoms with Crippen molar-refractivity contribution in [3.8, 4) is 11.1 Å². The summed E-state index contributed by atoms with van der Waals surface area (Å²) in [6.07, 6.45) is 1.70. The van der Waals surface area contributed by atoms with Crippen molar-refractivity contribution >= 4 is 11.5 Å². The second-order valence-corrected chi connectivity index (χ2v) is 3.96. The Morgan fingerprint density at radius 3 is 2.76 bits per heavy atom. The van der Waals surface area contributed by atoms with E-state index in [0.29, 0.717) is 18.1 Å². The van der Waals surface area contributed by atoms with Gasteiger partial charge in [-0.1, -0.05) is 6.07 Å². The van der Waals surface area contributed by atoms with Crippen molar-refractivity contribution < 1.29 is 5.11 Å². The van der Waals surface area contributed by atoms with Crippen LogP contribution < -0.4 is 11.5 Å². The van der Waals surface area contributed by atoms with E-state index in [9.17, 15) is 0 Å². The van der Waals surface area contributed by atoms with Gasteiger partial charge in [0.25, 0.3) is 0 Å². The highest BCUT2D eigenvalue weighted by Gasteiger charge is 2.11. The number of benzene rings is 1. The molecule has 2 aromatic rings. The number of aliphatic hydroxyl groups excluding tert-OH is 1. The average Bonchev–Trinajstić information content (AvgIpc) is 2.65. The van der Waals surface area contributed by atoms with Gasteiger partial charge in [-0.25, -0.2) is 4.68 Å². The van der Waals surface area contributed by atoms with E-state index in [2.05, 4.69) is 5.10 Å². The van der Waals surface area contributed by atoms with Crippen molar-refractivity contribution in [2.45, 2.75) is 13.5 Å². The number of nitrogens with two attached hydrogens (primary N) is 2. The molecule has 1 aromatic carbocycles. The molecular weight excluding hydrogens is 216 g/mol. The van der Waals surface area contributed by atoms with Crippen molar-refractivity contribution in [2.75, 3.05) is 18.1 Å². The first-order valence-corrected chi connectivity index (χ1v) is 5.42. The van der Waals surface area contributed by atoms with Gasteiger partial charge >= 0.3 is 0 Å². The van der Waals surface area contributed by atoms with Crippen LogP contribution in [0.3, 0.4) is 0 Å². The van der Waals surface area contributed by atoms with E-state index in [-0.39, 0.29) is 6.61 Å². The van der Waals surface area contributed by atoms with Gasteiger partial charge < -0.3 is 16.6 Å². The van der Waals surface area contributed by atoms with E-state index in [1.165, 1.54) is 0 Å². The van der Waals surface area contributed by atoms with E-state index in [4.69, 9.17) is 16.6 Å². The molecular formula is C12H16N4O. The van der Waals surface area contributed by atoms with Crippen LogP contribution in [0.2, 0.25) is 0 Å². The predicted octanol–water partition coefficient (Wildman–Crippen LogP) is 1.02. The normalized spacial score (nSPS) is 10.7. The molecule has 5 N–H and O–H groups in total. The first kappa shape index (κ1) is 11.5. The van der Waals surface area contributed by atoms with Gasteiger partial charge in [0.2, 0.25) is 0 Å². The van der Waals surface area contributed by atoms with Crippen LogP contribution in [0.5, 0.6) is 0 Å². The lowest BCUT2D eigenvalue weighted by Crippen LogP contribution is -2.07. The lowest BCUT2D eigenvalue weighted by atomic mass is 10.0. The van der Waals surface area contributed by atoms with Crippen LogP contribution in [0.15, 0.2) is 24.4 Å². The van der Waals surface area contributed by atoms with Crippen LogP contribution in [0.25, 0.3) is 11.1 Å². The predicted molar refractivity (Wildman–Crippen MR) is 68.3 cm³/mol. The third-order valence-electron chi connectivity index (χ3n) is 2.74. The zero-order valence-electron chi connectivity index (χ0n) is 9.72. The molecule has 0 saturated carbocycles. The fraction of sp³-hybridized carbons (Fsp3) is 0.250. The van der Waals surface area contributed by atoms with Crippen LogP contribution in [0, 0.1) is 6.92 Å². The molecule has 0 fully saturated rings. The summed E-state index contributed by atoms with van der Waals surface area (Å²) >= 11 is 0. The molecule has 0 aliphatic carbocycles. The molecule has 0 saturated heterocycles. The fourth-order valence-electron chi connectivity index (χ4n) is 1.81. The summed E-state index contributed by atoms with van der Waals surface area (Å²) in [4.78, 5) is 0. The summed E-state index contributed by atoms with van der Waals surface area (Å²) in [5.74, 6) is 0.549. The molecule has 90 valence electrons. The van der Waals surface area contributed by atoms with Gasteiger partial charge in [0.1, 0.15) is 5.82 Å². The lowest BCUT2D eigenvalue weighted by molar-refractivity contribution is 0.270. The number of nitrogen functional groups attached to an aromatic ring is 2. The third kappa shape index (κ3) is 2.09.